The lowest BCUT2D eigenvalue weighted by Gasteiger charge is -2.40. The number of carbonyl (C=O) groups is 1. The fourth-order valence-corrected chi connectivity index (χ4v) is 5.71. The van der Waals surface area contributed by atoms with Gasteiger partial charge in [-0.1, -0.05) is 0 Å². The summed E-state index contributed by atoms with van der Waals surface area (Å²) in [6, 6.07) is 5.35. The zero-order chi connectivity index (χ0) is 28.8. The predicted molar refractivity (Wildman–Crippen MR) is 139 cm³/mol. The predicted octanol–water partition coefficient (Wildman–Crippen LogP) is 6.22. The molecule has 2 aliphatic rings. The summed E-state index contributed by atoms with van der Waals surface area (Å²) in [4.78, 5) is 32.0. The number of halogens is 3. The van der Waals surface area contributed by atoms with Crippen molar-refractivity contribution in [2.75, 3.05) is 13.1 Å². The van der Waals surface area contributed by atoms with E-state index in [1.807, 2.05) is 20.8 Å². The fourth-order valence-electron chi connectivity index (χ4n) is 5.71. The molecule has 8 nitrogen and oxygen atoms in total. The van der Waals surface area contributed by atoms with Gasteiger partial charge in [-0.15, -0.1) is 0 Å². The minimum atomic E-state index is -1.07. The van der Waals surface area contributed by atoms with Crippen LogP contribution >= 0.6 is 0 Å². The van der Waals surface area contributed by atoms with E-state index in [9.17, 15) is 23.6 Å². The summed E-state index contributed by atoms with van der Waals surface area (Å²) in [6.45, 7) is 6.60. The van der Waals surface area contributed by atoms with Crippen molar-refractivity contribution >= 4 is 17.0 Å². The normalized spacial score (nSPS) is 18.6. The Morgan fingerprint density at radius 2 is 1.80 bits per heavy atom. The van der Waals surface area contributed by atoms with Crippen molar-refractivity contribution in [2.45, 2.75) is 64.5 Å². The van der Waals surface area contributed by atoms with Crippen LogP contribution < -0.4 is 10.3 Å². The van der Waals surface area contributed by atoms with Crippen molar-refractivity contribution in [3.8, 4) is 17.6 Å². The molecule has 1 aliphatic carbocycles. The molecule has 2 fully saturated rings. The first-order chi connectivity index (χ1) is 18.9. The molecule has 1 aromatic heterocycles. The largest absolute Gasteiger partial charge is 0.450 e. The fraction of sp³-hybridized carbons (Fsp3) is 0.448. The minimum Gasteiger partial charge on any atom is -0.450 e. The zero-order valence-electron chi connectivity index (χ0n) is 22.5. The van der Waals surface area contributed by atoms with E-state index in [0.717, 1.165) is 37.5 Å². The van der Waals surface area contributed by atoms with Crippen LogP contribution in [0.5, 0.6) is 11.5 Å². The molecule has 0 N–H and O–H groups in total. The van der Waals surface area contributed by atoms with E-state index in [1.54, 1.807) is 4.90 Å². The standard InChI is InChI=1S/C29H29F3N4O4/c1-28(2,3)40-27(38)35-12-10-29(11-13-35)9-8-17(14-29)36-16-34-21-6-7-22(24(32)23(21)26(36)37)39-25-18(15-33)19(30)4-5-20(25)31/h4-7,16-17H,8-14H2,1-3H3. The molecule has 1 amide bonds. The molecule has 1 unspecified atom stereocenters. The number of fused-ring (bicyclic) bond motifs is 1. The highest BCUT2D eigenvalue weighted by Gasteiger charge is 2.43. The maximum absolute atomic E-state index is 15.6. The number of amides is 1. The minimum absolute atomic E-state index is 0.0519. The molecule has 210 valence electrons. The molecule has 2 aromatic carbocycles. The maximum atomic E-state index is 15.6. The van der Waals surface area contributed by atoms with Crippen molar-refractivity contribution in [3.05, 3.63) is 64.0 Å². The highest BCUT2D eigenvalue weighted by Crippen LogP contribution is 2.50. The van der Waals surface area contributed by atoms with Gasteiger partial charge in [0.1, 0.15) is 28.4 Å². The van der Waals surface area contributed by atoms with Gasteiger partial charge in [0.2, 0.25) is 0 Å². The number of ether oxygens (including phenoxy) is 2. The first-order valence-electron chi connectivity index (χ1n) is 13.1. The summed E-state index contributed by atoms with van der Waals surface area (Å²) in [7, 11) is 0. The van der Waals surface area contributed by atoms with E-state index in [2.05, 4.69) is 4.98 Å². The monoisotopic (exact) mass is 554 g/mol. The number of benzene rings is 2. The second-order valence-electron chi connectivity index (χ2n) is 11.5. The second-order valence-corrected chi connectivity index (χ2v) is 11.5. The van der Waals surface area contributed by atoms with E-state index in [0.29, 0.717) is 25.9 Å². The van der Waals surface area contributed by atoms with Crippen LogP contribution in [0.15, 0.2) is 35.4 Å². The van der Waals surface area contributed by atoms with Gasteiger partial charge < -0.3 is 14.4 Å². The molecule has 0 radical (unpaired) electrons. The van der Waals surface area contributed by atoms with Crippen LogP contribution in [0.4, 0.5) is 18.0 Å². The molecular formula is C29H29F3N4O4. The summed E-state index contributed by atoms with van der Waals surface area (Å²) in [6.07, 6.45) is 4.84. The van der Waals surface area contributed by atoms with E-state index in [1.165, 1.54) is 23.0 Å². The van der Waals surface area contributed by atoms with Crippen LogP contribution in [0.25, 0.3) is 10.9 Å². The van der Waals surface area contributed by atoms with Crippen molar-refractivity contribution in [1.82, 2.24) is 14.5 Å². The quantitative estimate of drug-likeness (QED) is 0.381. The second kappa shape index (κ2) is 10.2. The van der Waals surface area contributed by atoms with Gasteiger partial charge in [0.05, 0.1) is 11.8 Å². The topological polar surface area (TPSA) is 97.4 Å². The summed E-state index contributed by atoms with van der Waals surface area (Å²) in [5, 5.41) is 8.88. The van der Waals surface area contributed by atoms with Crippen LogP contribution in [0, 0.1) is 34.2 Å². The molecular weight excluding hydrogens is 525 g/mol. The highest BCUT2D eigenvalue weighted by molar-refractivity contribution is 5.80. The number of rotatable bonds is 3. The Balaban J connectivity index is 1.38. The zero-order valence-corrected chi connectivity index (χ0v) is 22.5. The van der Waals surface area contributed by atoms with E-state index < -0.39 is 45.7 Å². The first-order valence-corrected chi connectivity index (χ1v) is 13.1. The van der Waals surface area contributed by atoms with Crippen LogP contribution in [0.1, 0.15) is 64.5 Å². The van der Waals surface area contributed by atoms with Crippen molar-refractivity contribution in [3.63, 3.8) is 0 Å². The van der Waals surface area contributed by atoms with Crippen LogP contribution in [0.2, 0.25) is 0 Å². The van der Waals surface area contributed by atoms with Gasteiger partial charge in [-0.05, 0) is 82.6 Å². The molecule has 1 saturated carbocycles. The molecule has 0 bridgehead atoms. The van der Waals surface area contributed by atoms with Crippen molar-refractivity contribution in [2.24, 2.45) is 5.41 Å². The van der Waals surface area contributed by atoms with Crippen LogP contribution in [0.3, 0.4) is 0 Å². The van der Waals surface area contributed by atoms with Gasteiger partial charge in [0, 0.05) is 19.1 Å². The van der Waals surface area contributed by atoms with Crippen molar-refractivity contribution in [1.29, 1.82) is 5.26 Å². The Morgan fingerprint density at radius 1 is 1.10 bits per heavy atom. The number of nitriles is 1. The lowest BCUT2D eigenvalue weighted by atomic mass is 9.77. The third-order valence-electron chi connectivity index (χ3n) is 7.78. The summed E-state index contributed by atoms with van der Waals surface area (Å²) < 4.78 is 56.2. The molecule has 3 aromatic rings. The molecule has 11 heteroatoms. The molecule has 5 rings (SSSR count). The Hall–Kier alpha value is -4.07. The molecule has 1 atom stereocenters. The average Bonchev–Trinajstić information content (AvgIpc) is 3.30. The third-order valence-corrected chi connectivity index (χ3v) is 7.78. The van der Waals surface area contributed by atoms with Gasteiger partial charge in [-0.2, -0.15) is 5.26 Å². The van der Waals surface area contributed by atoms with E-state index in [4.69, 9.17) is 9.47 Å². The molecule has 1 saturated heterocycles. The summed E-state index contributed by atoms with van der Waals surface area (Å²) >= 11 is 0. The SMILES string of the molecule is CC(C)(C)OC(=O)N1CCC2(CCC(n3cnc4ccc(Oc5c(F)ccc(F)c5C#N)c(F)c4c3=O)C2)CC1. The average molecular weight is 555 g/mol. The smallest absolute Gasteiger partial charge is 0.410 e. The molecule has 1 aliphatic heterocycles. The number of likely N-dealkylation sites (tertiary alicyclic amines) is 1. The Kier molecular flexibility index (Phi) is 6.98. The van der Waals surface area contributed by atoms with Gasteiger partial charge in [-0.25, -0.2) is 22.9 Å². The maximum Gasteiger partial charge on any atom is 0.410 e. The number of hydrogen-bond acceptors (Lipinski definition) is 6. The highest BCUT2D eigenvalue weighted by atomic mass is 19.1. The number of hydrogen-bond donors (Lipinski definition) is 0. The summed E-state index contributed by atoms with van der Waals surface area (Å²) in [5.74, 6) is -4.43. The lowest BCUT2D eigenvalue weighted by molar-refractivity contribution is 0.0103. The van der Waals surface area contributed by atoms with Crippen molar-refractivity contribution < 1.29 is 27.4 Å². The third kappa shape index (κ3) is 5.10. The lowest BCUT2D eigenvalue weighted by Crippen LogP contribution is -2.44. The van der Waals surface area contributed by atoms with Crippen LogP contribution in [-0.2, 0) is 4.74 Å². The van der Waals surface area contributed by atoms with Gasteiger partial charge in [0.15, 0.2) is 23.1 Å². The summed E-state index contributed by atoms with van der Waals surface area (Å²) in [5.41, 5.74) is -1.86. The number of carbonyl (C=O) groups excluding carboxylic acids is 1. The van der Waals surface area contributed by atoms with Gasteiger partial charge in [0.25, 0.3) is 5.56 Å². The molecule has 2 heterocycles. The molecule has 40 heavy (non-hydrogen) atoms. The molecule has 1 spiro atoms. The van der Waals surface area contributed by atoms with E-state index in [-0.39, 0.29) is 28.5 Å². The number of piperidine rings is 1. The van der Waals surface area contributed by atoms with Gasteiger partial charge in [-0.3, -0.25) is 9.36 Å². The number of nitrogens with zero attached hydrogens (tertiary/aromatic N) is 4. The van der Waals surface area contributed by atoms with Gasteiger partial charge >= 0.3 is 6.09 Å². The Morgan fingerprint density at radius 3 is 2.48 bits per heavy atom. The first kappa shape index (κ1) is 27.5. The Bertz CT molecular complexity index is 1580. The number of aromatic nitrogens is 2. The van der Waals surface area contributed by atoms with E-state index >= 15 is 4.39 Å². The Labute approximate surface area is 228 Å². The van der Waals surface area contributed by atoms with Crippen LogP contribution in [-0.4, -0.2) is 39.2 Å².